The van der Waals surface area contributed by atoms with Crippen LogP contribution in [0.4, 0.5) is 0 Å². The van der Waals surface area contributed by atoms with Gasteiger partial charge in [-0.3, -0.25) is 14.2 Å². The molecule has 6 nitrogen and oxygen atoms in total. The quantitative estimate of drug-likeness (QED) is 0.370. The van der Waals surface area contributed by atoms with E-state index in [2.05, 4.69) is 5.32 Å². The first-order valence-electron chi connectivity index (χ1n) is 9.12. The third-order valence-corrected chi connectivity index (χ3v) is 7.50. The summed E-state index contributed by atoms with van der Waals surface area (Å²) in [5, 5.41) is 4.96. The summed E-state index contributed by atoms with van der Waals surface area (Å²) in [5.41, 5.74) is -0.0382. The summed E-state index contributed by atoms with van der Waals surface area (Å²) in [7, 11) is -3.80. The van der Waals surface area contributed by atoms with E-state index in [-0.39, 0.29) is 11.2 Å². The van der Waals surface area contributed by atoms with Crippen LogP contribution >= 0.6 is 30.7 Å². The Morgan fingerprint density at radius 3 is 2.80 bits per heavy atom. The van der Waals surface area contributed by atoms with Crippen molar-refractivity contribution in [3.63, 3.8) is 0 Å². The van der Waals surface area contributed by atoms with Crippen LogP contribution in [0, 0.1) is 5.92 Å². The zero-order chi connectivity index (χ0) is 21.9. The van der Waals surface area contributed by atoms with Crippen molar-refractivity contribution in [1.82, 2.24) is 5.32 Å². The van der Waals surface area contributed by atoms with E-state index in [4.69, 9.17) is 16.3 Å². The highest BCUT2D eigenvalue weighted by atomic mass is 35.5. The van der Waals surface area contributed by atoms with Crippen LogP contribution in [0.25, 0.3) is 6.08 Å². The molecule has 4 atom stereocenters. The molecule has 0 saturated heterocycles. The molecule has 2 N–H and O–H groups in total. The van der Waals surface area contributed by atoms with Crippen LogP contribution in [-0.4, -0.2) is 34.3 Å². The van der Waals surface area contributed by atoms with E-state index in [1.54, 1.807) is 47.9 Å². The Balaban J connectivity index is 1.79. The van der Waals surface area contributed by atoms with Crippen LogP contribution < -0.4 is 10.1 Å². The fourth-order valence-corrected chi connectivity index (χ4v) is 6.13. The number of ether oxygens (including phenoxy) is 1. The fraction of sp³-hybridized carbons (Fsp3) is 0.238. The molecule has 1 heterocycles. The number of esters is 1. The van der Waals surface area contributed by atoms with E-state index in [0.29, 0.717) is 21.9 Å². The van der Waals surface area contributed by atoms with Crippen LogP contribution in [0.15, 0.2) is 64.7 Å². The van der Waals surface area contributed by atoms with Crippen LogP contribution in [0.5, 0.6) is 5.75 Å². The van der Waals surface area contributed by atoms with Gasteiger partial charge in [0, 0.05) is 41.6 Å². The minimum atomic E-state index is -3.80. The largest absolute Gasteiger partial charge is 0.426 e. The molecular formula is C21H21ClNO5PS. The van der Waals surface area contributed by atoms with Gasteiger partial charge in [0.1, 0.15) is 11.4 Å². The average molecular weight is 466 g/mol. The number of benzene rings is 1. The molecule has 2 aliphatic rings. The molecule has 3 rings (SSSR count). The second-order valence-electron chi connectivity index (χ2n) is 6.97. The third kappa shape index (κ3) is 5.35. The second-order valence-corrected chi connectivity index (χ2v) is 10.9. The van der Waals surface area contributed by atoms with Gasteiger partial charge in [-0.15, -0.1) is 11.8 Å². The number of para-hydroxylation sites is 1. The Labute approximate surface area is 184 Å². The molecule has 0 bridgehead atoms. The number of thioether (sulfide) groups is 1. The first-order valence-corrected chi connectivity index (χ1v) is 12.6. The highest BCUT2D eigenvalue weighted by molar-refractivity contribution is 8.03. The standard InChI is InChI=1S/C21H21ClNO5PS/c1-13(24)28-18-6-4-3-5-14(18)9-10-23-21(25)20(29(2,26)27)17-12-30-19-8-7-15(22)11-16(17)19/h3-12,16,19-20H,1-2H3,(H,23,25)(H,26,27)/b10-9+. The smallest absolute Gasteiger partial charge is 0.308 e. The Morgan fingerprint density at radius 2 is 2.10 bits per heavy atom. The molecule has 4 unspecified atom stereocenters. The second kappa shape index (κ2) is 9.40. The molecule has 0 saturated carbocycles. The van der Waals surface area contributed by atoms with Gasteiger partial charge in [-0.1, -0.05) is 42.0 Å². The maximum Gasteiger partial charge on any atom is 0.308 e. The lowest BCUT2D eigenvalue weighted by Crippen LogP contribution is -2.35. The molecular weight excluding hydrogens is 445 g/mol. The van der Waals surface area contributed by atoms with Crippen molar-refractivity contribution in [2.75, 3.05) is 6.66 Å². The van der Waals surface area contributed by atoms with Crippen molar-refractivity contribution in [3.8, 4) is 5.75 Å². The number of carbonyl (C=O) groups excluding carboxylic acids is 2. The maximum absolute atomic E-state index is 12.9. The molecule has 0 spiro atoms. The van der Waals surface area contributed by atoms with Crippen molar-refractivity contribution in [3.05, 3.63) is 70.3 Å². The van der Waals surface area contributed by atoms with Gasteiger partial charge in [0.05, 0.1) is 0 Å². The Kier molecular flexibility index (Phi) is 7.09. The molecule has 0 fully saturated rings. The Hall–Kier alpha value is -2.05. The number of hydrogen-bond acceptors (Lipinski definition) is 5. The lowest BCUT2D eigenvalue weighted by Gasteiger charge is -2.26. The number of allylic oxidation sites excluding steroid dienone is 3. The van der Waals surface area contributed by atoms with E-state index < -0.39 is 24.9 Å². The minimum Gasteiger partial charge on any atom is -0.426 e. The van der Waals surface area contributed by atoms with Crippen molar-refractivity contribution in [2.24, 2.45) is 5.92 Å². The zero-order valence-electron chi connectivity index (χ0n) is 16.3. The van der Waals surface area contributed by atoms with Gasteiger partial charge in [-0.25, -0.2) is 0 Å². The monoisotopic (exact) mass is 465 g/mol. The number of carbonyl (C=O) groups is 2. The first-order chi connectivity index (χ1) is 14.2. The summed E-state index contributed by atoms with van der Waals surface area (Å²) in [6, 6.07) is 6.84. The number of nitrogens with one attached hydrogen (secondary N) is 1. The number of fused-ring (bicyclic) bond motifs is 1. The van der Waals surface area contributed by atoms with Gasteiger partial charge >= 0.3 is 5.97 Å². The normalized spacial score (nSPS) is 23.2. The highest BCUT2D eigenvalue weighted by Gasteiger charge is 2.43. The van der Waals surface area contributed by atoms with E-state index in [1.807, 2.05) is 6.08 Å². The summed E-state index contributed by atoms with van der Waals surface area (Å²) in [6.45, 7) is 2.48. The zero-order valence-corrected chi connectivity index (χ0v) is 18.8. The number of amides is 1. The van der Waals surface area contributed by atoms with E-state index >= 15 is 0 Å². The van der Waals surface area contributed by atoms with E-state index in [1.165, 1.54) is 31.6 Å². The van der Waals surface area contributed by atoms with E-state index in [0.717, 1.165) is 0 Å². The van der Waals surface area contributed by atoms with Crippen molar-refractivity contribution < 1.29 is 23.8 Å². The van der Waals surface area contributed by atoms with Gasteiger partial charge < -0.3 is 14.9 Å². The van der Waals surface area contributed by atoms with Gasteiger partial charge in [0.25, 0.3) is 0 Å². The molecule has 0 radical (unpaired) electrons. The minimum absolute atomic E-state index is 0.0514. The summed E-state index contributed by atoms with van der Waals surface area (Å²) in [4.78, 5) is 34.4. The van der Waals surface area contributed by atoms with Gasteiger partial charge in [-0.05, 0) is 29.2 Å². The van der Waals surface area contributed by atoms with E-state index in [9.17, 15) is 19.0 Å². The third-order valence-electron chi connectivity index (χ3n) is 4.59. The summed E-state index contributed by atoms with van der Waals surface area (Å²) in [6.07, 6.45) is 8.46. The molecule has 158 valence electrons. The van der Waals surface area contributed by atoms with Crippen molar-refractivity contribution in [1.29, 1.82) is 0 Å². The molecule has 30 heavy (non-hydrogen) atoms. The maximum atomic E-state index is 12.9. The van der Waals surface area contributed by atoms with Gasteiger partial charge in [-0.2, -0.15) is 0 Å². The van der Waals surface area contributed by atoms with Crippen LogP contribution in [0.2, 0.25) is 0 Å². The van der Waals surface area contributed by atoms with Crippen LogP contribution in [-0.2, 0) is 14.2 Å². The van der Waals surface area contributed by atoms with Crippen molar-refractivity contribution >= 4 is 48.7 Å². The van der Waals surface area contributed by atoms with Gasteiger partial charge in [0.2, 0.25) is 13.3 Å². The predicted molar refractivity (Wildman–Crippen MR) is 120 cm³/mol. The lowest BCUT2D eigenvalue weighted by atomic mass is 9.90. The van der Waals surface area contributed by atoms with Crippen LogP contribution in [0.3, 0.4) is 0 Å². The molecule has 1 aliphatic heterocycles. The summed E-state index contributed by atoms with van der Waals surface area (Å²) < 4.78 is 17.7. The molecule has 1 amide bonds. The molecule has 1 aromatic rings. The Bertz CT molecular complexity index is 1030. The summed E-state index contributed by atoms with van der Waals surface area (Å²) >= 11 is 7.60. The molecule has 1 aliphatic carbocycles. The SMILES string of the molecule is CC(=O)Oc1ccccc1/C=C/NC(=O)C(C1=CSC2C=CC(Cl)=CC12)P(C)(=O)O. The number of hydrogen-bond donors (Lipinski definition) is 2. The van der Waals surface area contributed by atoms with Gasteiger partial charge in [0.15, 0.2) is 0 Å². The molecule has 1 aromatic carbocycles. The highest BCUT2D eigenvalue weighted by Crippen LogP contribution is 2.53. The molecule has 0 aromatic heterocycles. The topological polar surface area (TPSA) is 92.7 Å². The number of rotatable bonds is 6. The average Bonchev–Trinajstić information content (AvgIpc) is 3.04. The Morgan fingerprint density at radius 1 is 1.37 bits per heavy atom. The summed E-state index contributed by atoms with van der Waals surface area (Å²) in [5.74, 6) is -0.906. The molecule has 9 heteroatoms. The van der Waals surface area contributed by atoms with Crippen LogP contribution in [0.1, 0.15) is 12.5 Å². The van der Waals surface area contributed by atoms with Crippen molar-refractivity contribution in [2.45, 2.75) is 17.8 Å². The predicted octanol–water partition coefficient (Wildman–Crippen LogP) is 4.28. The fourth-order valence-electron chi connectivity index (χ4n) is 3.33. The number of halogens is 1. The lowest BCUT2D eigenvalue weighted by molar-refractivity contribution is -0.131. The first kappa shape index (κ1) is 22.6.